The molecule has 2 aromatic heterocycles. The molecule has 19 heavy (non-hydrogen) atoms. The van der Waals surface area contributed by atoms with Crippen molar-refractivity contribution < 1.29 is 13.2 Å². The first-order valence-corrected chi connectivity index (χ1v) is 6.17. The zero-order valence-electron chi connectivity index (χ0n) is 9.71. The summed E-state index contributed by atoms with van der Waals surface area (Å²) >= 11 is 5.60. The van der Waals surface area contributed by atoms with Crippen molar-refractivity contribution >= 4 is 28.7 Å². The Balaban J connectivity index is 2.24. The maximum atomic E-state index is 12.8. The third-order valence-corrected chi connectivity index (χ3v) is 3.64. The fourth-order valence-electron chi connectivity index (χ4n) is 2.22. The van der Waals surface area contributed by atoms with Gasteiger partial charge in [0, 0.05) is 6.04 Å². The number of aromatic nitrogens is 3. The summed E-state index contributed by atoms with van der Waals surface area (Å²) in [4.78, 5) is 7.66. The SMILES string of the molecule is Nc1nc2cc(Cl)c(C(F)(F)F)nc2n1C1CCC1. The molecule has 0 unspecified atom stereocenters. The van der Waals surface area contributed by atoms with Crippen molar-refractivity contribution in [3.63, 3.8) is 0 Å². The zero-order chi connectivity index (χ0) is 13.8. The Labute approximate surface area is 111 Å². The first-order chi connectivity index (χ1) is 8.88. The van der Waals surface area contributed by atoms with Crippen LogP contribution >= 0.6 is 11.6 Å². The Morgan fingerprint density at radius 2 is 2.00 bits per heavy atom. The molecule has 0 atom stereocenters. The number of alkyl halides is 3. The van der Waals surface area contributed by atoms with E-state index in [-0.39, 0.29) is 17.6 Å². The molecule has 0 aromatic carbocycles. The fourth-order valence-corrected chi connectivity index (χ4v) is 2.47. The summed E-state index contributed by atoms with van der Waals surface area (Å²) in [5, 5.41) is -0.460. The minimum atomic E-state index is -4.59. The number of imidazole rings is 1. The topological polar surface area (TPSA) is 56.7 Å². The predicted octanol–water partition coefficient (Wildman–Crippen LogP) is 3.41. The smallest absolute Gasteiger partial charge is 0.369 e. The van der Waals surface area contributed by atoms with Crippen LogP contribution < -0.4 is 5.73 Å². The fraction of sp³-hybridized carbons (Fsp3) is 0.455. The molecule has 2 N–H and O–H groups in total. The van der Waals surface area contributed by atoms with Gasteiger partial charge in [-0.1, -0.05) is 11.6 Å². The molecule has 1 saturated carbocycles. The molecule has 1 aliphatic carbocycles. The number of hydrogen-bond donors (Lipinski definition) is 1. The molecule has 0 aliphatic heterocycles. The van der Waals surface area contributed by atoms with E-state index in [1.54, 1.807) is 4.57 Å². The molecule has 2 heterocycles. The number of halogens is 4. The number of anilines is 1. The van der Waals surface area contributed by atoms with Gasteiger partial charge in [-0.2, -0.15) is 13.2 Å². The first kappa shape index (κ1) is 12.5. The third-order valence-electron chi connectivity index (χ3n) is 3.35. The number of nitrogens with two attached hydrogens (primary N) is 1. The van der Waals surface area contributed by atoms with Crippen LogP contribution in [0.25, 0.3) is 11.2 Å². The van der Waals surface area contributed by atoms with Gasteiger partial charge in [0.2, 0.25) is 5.95 Å². The van der Waals surface area contributed by atoms with E-state index in [1.807, 2.05) is 0 Å². The van der Waals surface area contributed by atoms with E-state index in [1.165, 1.54) is 0 Å². The maximum absolute atomic E-state index is 12.8. The van der Waals surface area contributed by atoms with Crippen LogP contribution in [0.5, 0.6) is 0 Å². The lowest BCUT2D eigenvalue weighted by atomic mass is 9.93. The lowest BCUT2D eigenvalue weighted by Gasteiger charge is -2.27. The number of nitrogens with zero attached hydrogens (tertiary/aromatic N) is 3. The molecule has 3 rings (SSSR count). The van der Waals surface area contributed by atoms with E-state index in [0.717, 1.165) is 25.3 Å². The standard InChI is InChI=1S/C11H10ClF3N4/c12-6-4-7-9(18-8(6)11(13,14)15)19(10(16)17-7)5-2-1-3-5/h4-5H,1-3H2,(H2,16,17). The highest BCUT2D eigenvalue weighted by atomic mass is 35.5. The average Bonchev–Trinajstić information content (AvgIpc) is 2.50. The van der Waals surface area contributed by atoms with Gasteiger partial charge in [0.15, 0.2) is 11.3 Å². The molecule has 2 aromatic rings. The van der Waals surface area contributed by atoms with Gasteiger partial charge >= 0.3 is 6.18 Å². The van der Waals surface area contributed by atoms with Crippen LogP contribution in [-0.4, -0.2) is 14.5 Å². The molecule has 0 spiro atoms. The summed E-state index contributed by atoms with van der Waals surface area (Å²) in [6.07, 6.45) is -1.80. The molecule has 0 radical (unpaired) electrons. The van der Waals surface area contributed by atoms with Crippen molar-refractivity contribution in [2.75, 3.05) is 5.73 Å². The van der Waals surface area contributed by atoms with Crippen molar-refractivity contribution in [1.82, 2.24) is 14.5 Å². The summed E-state index contributed by atoms with van der Waals surface area (Å²) in [7, 11) is 0. The molecule has 0 saturated heterocycles. The average molecular weight is 291 g/mol. The second kappa shape index (κ2) is 4.00. The number of rotatable bonds is 1. The Morgan fingerprint density at radius 1 is 1.32 bits per heavy atom. The molecule has 8 heteroatoms. The largest absolute Gasteiger partial charge is 0.434 e. The quantitative estimate of drug-likeness (QED) is 0.875. The molecule has 102 valence electrons. The van der Waals surface area contributed by atoms with Gasteiger partial charge < -0.3 is 5.73 Å². The van der Waals surface area contributed by atoms with Crippen LogP contribution in [0.3, 0.4) is 0 Å². The van der Waals surface area contributed by atoms with E-state index in [0.29, 0.717) is 5.52 Å². The molecule has 1 fully saturated rings. The van der Waals surface area contributed by atoms with Gasteiger partial charge in [0.1, 0.15) is 5.52 Å². The van der Waals surface area contributed by atoms with Crippen LogP contribution in [0.2, 0.25) is 5.02 Å². The van der Waals surface area contributed by atoms with Gasteiger partial charge in [-0.05, 0) is 25.3 Å². The number of nitrogen functional groups attached to an aromatic ring is 1. The van der Waals surface area contributed by atoms with Crippen molar-refractivity contribution in [3.8, 4) is 0 Å². The van der Waals surface area contributed by atoms with Crippen molar-refractivity contribution in [1.29, 1.82) is 0 Å². The Hall–Kier alpha value is -1.50. The number of pyridine rings is 1. The summed E-state index contributed by atoms with van der Waals surface area (Å²) < 4.78 is 40.0. The minimum absolute atomic E-state index is 0.0831. The van der Waals surface area contributed by atoms with Crippen LogP contribution in [0.15, 0.2) is 6.07 Å². The second-order valence-electron chi connectivity index (χ2n) is 4.58. The van der Waals surface area contributed by atoms with Crippen molar-refractivity contribution in [3.05, 3.63) is 16.8 Å². The van der Waals surface area contributed by atoms with Gasteiger partial charge in [-0.15, -0.1) is 0 Å². The van der Waals surface area contributed by atoms with Gasteiger partial charge in [-0.25, -0.2) is 9.97 Å². The van der Waals surface area contributed by atoms with E-state index in [9.17, 15) is 13.2 Å². The maximum Gasteiger partial charge on any atom is 0.434 e. The third kappa shape index (κ3) is 1.92. The van der Waals surface area contributed by atoms with Crippen LogP contribution in [0.1, 0.15) is 31.0 Å². The molecule has 4 nitrogen and oxygen atoms in total. The van der Waals surface area contributed by atoms with Crippen LogP contribution in [0, 0.1) is 0 Å². The van der Waals surface area contributed by atoms with E-state index < -0.39 is 16.9 Å². The number of hydrogen-bond acceptors (Lipinski definition) is 3. The highest BCUT2D eigenvalue weighted by Gasteiger charge is 2.36. The molecular formula is C11H10ClF3N4. The lowest BCUT2D eigenvalue weighted by molar-refractivity contribution is -0.140. The highest BCUT2D eigenvalue weighted by Crippen LogP contribution is 2.39. The predicted molar refractivity (Wildman–Crippen MR) is 64.8 cm³/mol. The summed E-state index contributed by atoms with van der Waals surface area (Å²) in [5.41, 5.74) is 5.11. The van der Waals surface area contributed by atoms with E-state index in [4.69, 9.17) is 17.3 Å². The second-order valence-corrected chi connectivity index (χ2v) is 4.99. The van der Waals surface area contributed by atoms with Gasteiger partial charge in [0.05, 0.1) is 5.02 Å². The van der Waals surface area contributed by atoms with E-state index in [2.05, 4.69) is 9.97 Å². The molecule has 0 amide bonds. The van der Waals surface area contributed by atoms with Gasteiger partial charge in [-0.3, -0.25) is 4.57 Å². The summed E-state index contributed by atoms with van der Waals surface area (Å²) in [6.45, 7) is 0. The Morgan fingerprint density at radius 3 is 2.53 bits per heavy atom. The van der Waals surface area contributed by atoms with Crippen LogP contribution in [0.4, 0.5) is 19.1 Å². The summed E-state index contributed by atoms with van der Waals surface area (Å²) in [6, 6.07) is 1.25. The molecule has 1 aliphatic rings. The normalized spacial score (nSPS) is 16.8. The molecular weight excluding hydrogens is 281 g/mol. The monoisotopic (exact) mass is 290 g/mol. The Kier molecular flexibility index (Phi) is 2.63. The first-order valence-electron chi connectivity index (χ1n) is 5.79. The highest BCUT2D eigenvalue weighted by molar-refractivity contribution is 6.31. The van der Waals surface area contributed by atoms with Gasteiger partial charge in [0.25, 0.3) is 0 Å². The van der Waals surface area contributed by atoms with Crippen molar-refractivity contribution in [2.24, 2.45) is 0 Å². The number of fused-ring (bicyclic) bond motifs is 1. The van der Waals surface area contributed by atoms with E-state index >= 15 is 0 Å². The van der Waals surface area contributed by atoms with Crippen LogP contribution in [-0.2, 0) is 6.18 Å². The zero-order valence-corrected chi connectivity index (χ0v) is 10.5. The molecule has 0 bridgehead atoms. The minimum Gasteiger partial charge on any atom is -0.369 e. The van der Waals surface area contributed by atoms with Crippen molar-refractivity contribution in [2.45, 2.75) is 31.5 Å². The summed E-state index contributed by atoms with van der Waals surface area (Å²) in [5.74, 6) is 0.183. The lowest BCUT2D eigenvalue weighted by Crippen LogP contribution is -2.19. The Bertz CT molecular complexity index is 645.